The van der Waals surface area contributed by atoms with Crippen LogP contribution in [0.4, 0.5) is 0 Å². The Kier molecular flexibility index (Phi) is 4.39. The number of hydrogen-bond donors (Lipinski definition) is 0. The molecule has 0 radical (unpaired) electrons. The van der Waals surface area contributed by atoms with Crippen LogP contribution < -0.4 is 0 Å². The lowest BCUT2D eigenvalue weighted by atomic mass is 9.91. The number of nitrogens with zero attached hydrogens (tertiary/aromatic N) is 1. The van der Waals surface area contributed by atoms with Gasteiger partial charge in [-0.1, -0.05) is 12.1 Å². The van der Waals surface area contributed by atoms with Crippen molar-refractivity contribution >= 4 is 16.0 Å². The van der Waals surface area contributed by atoms with Crippen LogP contribution in [-0.2, 0) is 19.6 Å². The molecule has 1 aliphatic heterocycles. The van der Waals surface area contributed by atoms with Crippen molar-refractivity contribution in [1.82, 2.24) is 4.31 Å². The van der Waals surface area contributed by atoms with Crippen LogP contribution in [0.15, 0.2) is 29.2 Å². The van der Waals surface area contributed by atoms with E-state index in [0.717, 1.165) is 18.4 Å². The molecule has 1 aromatic carbocycles. The standard InChI is InChI=1S/C15H21NO4S/c1-12-7-6-8-13(11-12)21(18,19)16-10-5-4-9-15(16,2)14(17)20-3/h6-8,11H,4-5,9-10H2,1-3H3. The second-order valence-corrected chi connectivity index (χ2v) is 7.48. The zero-order chi connectivity index (χ0) is 15.7. The monoisotopic (exact) mass is 311 g/mol. The third-order valence-corrected chi connectivity index (χ3v) is 6.04. The molecule has 0 amide bonds. The average Bonchev–Trinajstić information content (AvgIpc) is 2.46. The molecule has 0 aliphatic carbocycles. The Morgan fingerprint density at radius 1 is 1.33 bits per heavy atom. The van der Waals surface area contributed by atoms with Gasteiger partial charge in [0.05, 0.1) is 12.0 Å². The van der Waals surface area contributed by atoms with Gasteiger partial charge < -0.3 is 4.74 Å². The molecule has 1 atom stereocenters. The van der Waals surface area contributed by atoms with Crippen molar-refractivity contribution in [3.8, 4) is 0 Å². The van der Waals surface area contributed by atoms with Crippen molar-refractivity contribution in [3.63, 3.8) is 0 Å². The number of carbonyl (C=O) groups is 1. The van der Waals surface area contributed by atoms with Crippen LogP contribution in [0, 0.1) is 6.92 Å². The van der Waals surface area contributed by atoms with Crippen molar-refractivity contribution in [2.75, 3.05) is 13.7 Å². The molecule has 1 heterocycles. The maximum atomic E-state index is 12.9. The lowest BCUT2D eigenvalue weighted by molar-refractivity contribution is -0.152. The summed E-state index contributed by atoms with van der Waals surface area (Å²) in [6.45, 7) is 3.82. The number of methoxy groups -OCH3 is 1. The average molecular weight is 311 g/mol. The van der Waals surface area contributed by atoms with Crippen LogP contribution in [0.2, 0.25) is 0 Å². The van der Waals surface area contributed by atoms with Crippen molar-refractivity contribution in [3.05, 3.63) is 29.8 Å². The topological polar surface area (TPSA) is 63.7 Å². The molecule has 0 bridgehead atoms. The highest BCUT2D eigenvalue weighted by Gasteiger charge is 2.48. The van der Waals surface area contributed by atoms with Crippen LogP contribution in [0.1, 0.15) is 31.7 Å². The summed E-state index contributed by atoms with van der Waals surface area (Å²) < 4.78 is 31.9. The zero-order valence-electron chi connectivity index (χ0n) is 12.6. The fourth-order valence-electron chi connectivity index (χ4n) is 2.81. The Morgan fingerprint density at radius 3 is 2.67 bits per heavy atom. The molecule has 1 fully saturated rings. The summed E-state index contributed by atoms with van der Waals surface area (Å²) in [6, 6.07) is 6.74. The maximum absolute atomic E-state index is 12.9. The third-order valence-electron chi connectivity index (χ3n) is 4.03. The van der Waals surface area contributed by atoms with Crippen molar-refractivity contribution in [2.45, 2.75) is 43.5 Å². The molecule has 0 spiro atoms. The van der Waals surface area contributed by atoms with Gasteiger partial charge in [-0.2, -0.15) is 4.31 Å². The van der Waals surface area contributed by atoms with Gasteiger partial charge in [-0.25, -0.2) is 8.42 Å². The summed E-state index contributed by atoms with van der Waals surface area (Å²) in [5.41, 5.74) is -0.261. The zero-order valence-corrected chi connectivity index (χ0v) is 13.4. The molecule has 1 saturated heterocycles. The van der Waals surface area contributed by atoms with Gasteiger partial charge in [0.1, 0.15) is 5.54 Å². The summed E-state index contributed by atoms with van der Waals surface area (Å²) in [5, 5.41) is 0. The quantitative estimate of drug-likeness (QED) is 0.802. The molecular weight excluding hydrogens is 290 g/mol. The van der Waals surface area contributed by atoms with Gasteiger partial charge in [0.25, 0.3) is 0 Å². The summed E-state index contributed by atoms with van der Waals surface area (Å²) in [6.07, 6.45) is 2.04. The number of hydrogen-bond acceptors (Lipinski definition) is 4. The Balaban J connectivity index is 2.48. The van der Waals surface area contributed by atoms with E-state index in [1.807, 2.05) is 13.0 Å². The highest BCUT2D eigenvalue weighted by atomic mass is 32.2. The number of benzene rings is 1. The number of aryl methyl sites for hydroxylation is 1. The number of carbonyl (C=O) groups excluding carboxylic acids is 1. The van der Waals surface area contributed by atoms with E-state index in [1.165, 1.54) is 11.4 Å². The van der Waals surface area contributed by atoms with Crippen molar-refractivity contribution < 1.29 is 17.9 Å². The summed E-state index contributed by atoms with van der Waals surface area (Å²) in [7, 11) is -2.42. The van der Waals surface area contributed by atoms with E-state index in [9.17, 15) is 13.2 Å². The van der Waals surface area contributed by atoms with E-state index in [1.54, 1.807) is 25.1 Å². The van der Waals surface area contributed by atoms with E-state index in [0.29, 0.717) is 13.0 Å². The second-order valence-electron chi connectivity index (χ2n) is 5.62. The van der Waals surface area contributed by atoms with Gasteiger partial charge in [-0.3, -0.25) is 4.79 Å². The number of ether oxygens (including phenoxy) is 1. The highest BCUT2D eigenvalue weighted by molar-refractivity contribution is 7.89. The molecule has 0 aromatic heterocycles. The molecule has 0 N–H and O–H groups in total. The number of esters is 1. The number of sulfonamides is 1. The van der Waals surface area contributed by atoms with Crippen LogP contribution in [-0.4, -0.2) is 37.9 Å². The molecule has 116 valence electrons. The SMILES string of the molecule is COC(=O)C1(C)CCCCN1S(=O)(=O)c1cccc(C)c1. The van der Waals surface area contributed by atoms with Crippen molar-refractivity contribution in [2.24, 2.45) is 0 Å². The lowest BCUT2D eigenvalue weighted by Gasteiger charge is -2.41. The van der Waals surface area contributed by atoms with Gasteiger partial charge in [0.15, 0.2) is 0 Å². The maximum Gasteiger partial charge on any atom is 0.327 e. The van der Waals surface area contributed by atoms with E-state index in [2.05, 4.69) is 0 Å². The molecule has 0 saturated carbocycles. The second kappa shape index (κ2) is 5.77. The van der Waals surface area contributed by atoms with Crippen LogP contribution in [0.3, 0.4) is 0 Å². The lowest BCUT2D eigenvalue weighted by Crippen LogP contribution is -2.57. The first kappa shape index (κ1) is 16.0. The van der Waals surface area contributed by atoms with E-state index >= 15 is 0 Å². The minimum Gasteiger partial charge on any atom is -0.468 e. The van der Waals surface area contributed by atoms with E-state index in [-0.39, 0.29) is 4.90 Å². The molecule has 1 unspecified atom stereocenters. The normalized spacial score (nSPS) is 23.8. The molecular formula is C15H21NO4S. The molecule has 21 heavy (non-hydrogen) atoms. The number of piperidine rings is 1. The van der Waals surface area contributed by atoms with Gasteiger partial charge in [0, 0.05) is 6.54 Å². The molecule has 2 rings (SSSR count). The summed E-state index contributed by atoms with van der Waals surface area (Å²) in [5.74, 6) is -0.501. The Labute approximate surface area is 126 Å². The third kappa shape index (κ3) is 2.82. The Morgan fingerprint density at radius 2 is 2.05 bits per heavy atom. The predicted molar refractivity (Wildman–Crippen MR) is 79.3 cm³/mol. The summed E-state index contributed by atoms with van der Waals surface area (Å²) >= 11 is 0. The largest absolute Gasteiger partial charge is 0.468 e. The fraction of sp³-hybridized carbons (Fsp3) is 0.533. The van der Waals surface area contributed by atoms with E-state index < -0.39 is 21.5 Å². The molecule has 1 aromatic rings. The molecule has 6 heteroatoms. The Bertz CT molecular complexity index is 641. The molecule has 1 aliphatic rings. The smallest absolute Gasteiger partial charge is 0.327 e. The minimum absolute atomic E-state index is 0.222. The predicted octanol–water partition coefficient (Wildman–Crippen LogP) is 2.10. The number of rotatable bonds is 3. The Hall–Kier alpha value is -1.40. The van der Waals surface area contributed by atoms with Crippen LogP contribution >= 0.6 is 0 Å². The van der Waals surface area contributed by atoms with Crippen LogP contribution in [0.25, 0.3) is 0 Å². The minimum atomic E-state index is -3.71. The van der Waals surface area contributed by atoms with Gasteiger partial charge in [-0.15, -0.1) is 0 Å². The first-order valence-corrected chi connectivity index (χ1v) is 8.44. The van der Waals surface area contributed by atoms with Gasteiger partial charge >= 0.3 is 5.97 Å². The highest BCUT2D eigenvalue weighted by Crippen LogP contribution is 2.34. The molecule has 5 nitrogen and oxygen atoms in total. The van der Waals surface area contributed by atoms with E-state index in [4.69, 9.17) is 4.74 Å². The first-order chi connectivity index (χ1) is 9.82. The van der Waals surface area contributed by atoms with Crippen LogP contribution in [0.5, 0.6) is 0 Å². The van der Waals surface area contributed by atoms with Crippen molar-refractivity contribution in [1.29, 1.82) is 0 Å². The fourth-order valence-corrected chi connectivity index (χ4v) is 4.71. The van der Waals surface area contributed by atoms with Gasteiger partial charge in [0.2, 0.25) is 10.0 Å². The van der Waals surface area contributed by atoms with Gasteiger partial charge in [-0.05, 0) is 50.8 Å². The summed E-state index contributed by atoms with van der Waals surface area (Å²) in [4.78, 5) is 12.3. The first-order valence-electron chi connectivity index (χ1n) is 7.00.